The van der Waals surface area contributed by atoms with Gasteiger partial charge >= 0.3 is 0 Å². The molecule has 1 fully saturated rings. The van der Waals surface area contributed by atoms with Crippen LogP contribution >= 0.6 is 12.2 Å². The van der Waals surface area contributed by atoms with Crippen molar-refractivity contribution in [2.24, 2.45) is 0 Å². The first-order valence-corrected chi connectivity index (χ1v) is 10.3. The van der Waals surface area contributed by atoms with E-state index in [1.165, 1.54) is 11.0 Å². The number of hydrogen-bond acceptors (Lipinski definition) is 5. The summed E-state index contributed by atoms with van der Waals surface area (Å²) in [5.74, 6) is 0.145. The van der Waals surface area contributed by atoms with Gasteiger partial charge in [0.15, 0.2) is 5.11 Å². The van der Waals surface area contributed by atoms with Crippen LogP contribution in [0.25, 0.3) is 6.08 Å². The fraction of sp³-hybridized carbons (Fsp3) is 0.0800. The van der Waals surface area contributed by atoms with E-state index in [0.29, 0.717) is 29.4 Å². The van der Waals surface area contributed by atoms with Crippen LogP contribution in [0.15, 0.2) is 84.4 Å². The summed E-state index contributed by atoms with van der Waals surface area (Å²) < 4.78 is 11.1. The Labute approximate surface area is 191 Å². The minimum absolute atomic E-state index is 0.0240. The van der Waals surface area contributed by atoms with E-state index >= 15 is 0 Å². The molecule has 0 saturated carbocycles. The summed E-state index contributed by atoms with van der Waals surface area (Å²) in [5, 5.41) is 2.62. The van der Waals surface area contributed by atoms with Crippen LogP contribution in [0.2, 0.25) is 0 Å². The van der Waals surface area contributed by atoms with E-state index in [9.17, 15) is 9.59 Å². The van der Waals surface area contributed by atoms with Crippen LogP contribution in [-0.2, 0) is 16.2 Å². The number of carbonyl (C=O) groups excluding carboxylic acids is 2. The van der Waals surface area contributed by atoms with Crippen molar-refractivity contribution in [1.29, 1.82) is 0 Å². The number of benzene rings is 3. The first-order valence-electron chi connectivity index (χ1n) is 9.88. The van der Waals surface area contributed by atoms with Crippen LogP contribution in [0.1, 0.15) is 11.1 Å². The highest BCUT2D eigenvalue weighted by atomic mass is 32.1. The molecule has 160 valence electrons. The molecule has 0 spiro atoms. The second-order valence-corrected chi connectivity index (χ2v) is 7.35. The van der Waals surface area contributed by atoms with Crippen molar-refractivity contribution in [2.75, 3.05) is 12.0 Å². The average molecular weight is 445 g/mol. The third-order valence-electron chi connectivity index (χ3n) is 4.89. The molecule has 1 N–H and O–H groups in total. The van der Waals surface area contributed by atoms with Crippen molar-refractivity contribution in [2.45, 2.75) is 6.61 Å². The average Bonchev–Trinajstić information content (AvgIpc) is 2.82. The minimum atomic E-state index is -0.553. The SMILES string of the molecule is COc1ccc(N2C(=O)C(=Cc3ccccc3OCc3ccccc3)C(=O)NC2=S)cc1. The number of hydrogen-bond donors (Lipinski definition) is 1. The van der Waals surface area contributed by atoms with Crippen molar-refractivity contribution in [3.63, 3.8) is 0 Å². The minimum Gasteiger partial charge on any atom is -0.497 e. The van der Waals surface area contributed by atoms with Gasteiger partial charge in [0, 0.05) is 5.56 Å². The van der Waals surface area contributed by atoms with E-state index in [1.54, 1.807) is 43.5 Å². The maximum absolute atomic E-state index is 13.2. The molecule has 0 aliphatic carbocycles. The molecule has 6 nitrogen and oxygen atoms in total. The first kappa shape index (κ1) is 21.3. The highest BCUT2D eigenvalue weighted by Crippen LogP contribution is 2.27. The van der Waals surface area contributed by atoms with Crippen LogP contribution in [-0.4, -0.2) is 24.0 Å². The van der Waals surface area contributed by atoms with Gasteiger partial charge < -0.3 is 9.47 Å². The Balaban J connectivity index is 1.63. The van der Waals surface area contributed by atoms with Crippen molar-refractivity contribution < 1.29 is 19.1 Å². The largest absolute Gasteiger partial charge is 0.497 e. The van der Waals surface area contributed by atoms with Gasteiger partial charge in [-0.3, -0.25) is 19.8 Å². The zero-order valence-electron chi connectivity index (χ0n) is 17.3. The Hall–Kier alpha value is -3.97. The highest BCUT2D eigenvalue weighted by Gasteiger charge is 2.34. The van der Waals surface area contributed by atoms with Crippen LogP contribution in [0.5, 0.6) is 11.5 Å². The lowest BCUT2D eigenvalue weighted by Gasteiger charge is -2.29. The van der Waals surface area contributed by atoms with Crippen LogP contribution in [0, 0.1) is 0 Å². The van der Waals surface area contributed by atoms with E-state index in [0.717, 1.165) is 5.56 Å². The summed E-state index contributed by atoms with van der Waals surface area (Å²) in [4.78, 5) is 27.1. The van der Waals surface area contributed by atoms with Crippen molar-refractivity contribution in [1.82, 2.24) is 5.32 Å². The molecule has 1 aliphatic heterocycles. The molecule has 0 radical (unpaired) electrons. The van der Waals surface area contributed by atoms with Gasteiger partial charge in [0.1, 0.15) is 23.7 Å². The molecule has 0 aromatic heterocycles. The molecule has 0 unspecified atom stereocenters. The highest BCUT2D eigenvalue weighted by molar-refractivity contribution is 7.80. The number of ether oxygens (including phenoxy) is 2. The Morgan fingerprint density at radius 2 is 1.62 bits per heavy atom. The molecule has 1 aliphatic rings. The normalized spacial score (nSPS) is 15.0. The summed E-state index contributed by atoms with van der Waals surface area (Å²) in [7, 11) is 1.56. The maximum Gasteiger partial charge on any atom is 0.270 e. The first-order chi connectivity index (χ1) is 15.6. The lowest BCUT2D eigenvalue weighted by molar-refractivity contribution is -0.122. The van der Waals surface area contributed by atoms with Crippen LogP contribution in [0.4, 0.5) is 5.69 Å². The topological polar surface area (TPSA) is 67.9 Å². The molecular weight excluding hydrogens is 424 g/mol. The Morgan fingerprint density at radius 1 is 0.938 bits per heavy atom. The molecular formula is C25H20N2O4S. The predicted molar refractivity (Wildman–Crippen MR) is 126 cm³/mol. The molecule has 3 aromatic carbocycles. The van der Waals surface area contributed by atoms with Gasteiger partial charge in [-0.25, -0.2) is 0 Å². The summed E-state index contributed by atoms with van der Waals surface area (Å²) in [6.07, 6.45) is 1.52. The third kappa shape index (κ3) is 4.53. The summed E-state index contributed by atoms with van der Waals surface area (Å²) >= 11 is 5.25. The number of thiocarbonyl (C=S) groups is 1. The van der Waals surface area contributed by atoms with E-state index in [1.807, 2.05) is 42.5 Å². The van der Waals surface area contributed by atoms with Crippen molar-refractivity contribution in [3.05, 3.63) is 95.6 Å². The molecule has 1 heterocycles. The van der Waals surface area contributed by atoms with Gasteiger partial charge in [0.2, 0.25) is 0 Å². The lowest BCUT2D eigenvalue weighted by atomic mass is 10.1. The monoisotopic (exact) mass is 444 g/mol. The standard InChI is InChI=1S/C25H20N2O4S/c1-30-20-13-11-19(12-14-20)27-24(29)21(23(28)26-25(27)32)15-18-9-5-6-10-22(18)31-16-17-7-3-2-4-8-17/h2-15H,16H2,1H3,(H,26,28,32). The summed E-state index contributed by atoms with van der Waals surface area (Å²) in [5.41, 5.74) is 2.12. The molecule has 32 heavy (non-hydrogen) atoms. The molecule has 2 amide bonds. The van der Waals surface area contributed by atoms with Crippen LogP contribution < -0.4 is 19.7 Å². The summed E-state index contributed by atoms with van der Waals surface area (Å²) in [6.45, 7) is 0.364. The number of nitrogens with one attached hydrogen (secondary N) is 1. The second kappa shape index (κ2) is 9.45. The van der Waals surface area contributed by atoms with Gasteiger partial charge in [0.25, 0.3) is 11.8 Å². The fourth-order valence-electron chi connectivity index (χ4n) is 3.25. The molecule has 7 heteroatoms. The quantitative estimate of drug-likeness (QED) is 0.352. The Kier molecular flexibility index (Phi) is 6.28. The molecule has 4 rings (SSSR count). The second-order valence-electron chi connectivity index (χ2n) is 6.97. The molecule has 1 saturated heterocycles. The smallest absolute Gasteiger partial charge is 0.270 e. The van der Waals surface area contributed by atoms with E-state index in [4.69, 9.17) is 21.7 Å². The van der Waals surface area contributed by atoms with Gasteiger partial charge in [-0.05, 0) is 54.2 Å². The number of para-hydroxylation sites is 1. The number of amides is 2. The van der Waals surface area contributed by atoms with Crippen LogP contribution in [0.3, 0.4) is 0 Å². The van der Waals surface area contributed by atoms with Gasteiger partial charge in [-0.1, -0.05) is 48.5 Å². The van der Waals surface area contributed by atoms with E-state index in [2.05, 4.69) is 5.32 Å². The molecule has 0 bridgehead atoms. The number of methoxy groups -OCH3 is 1. The summed E-state index contributed by atoms with van der Waals surface area (Å²) in [6, 6.07) is 23.8. The van der Waals surface area contributed by atoms with Gasteiger partial charge in [-0.2, -0.15) is 0 Å². The maximum atomic E-state index is 13.2. The number of nitrogens with zero attached hydrogens (tertiary/aromatic N) is 1. The lowest BCUT2D eigenvalue weighted by Crippen LogP contribution is -2.54. The number of anilines is 1. The van der Waals surface area contributed by atoms with Crippen molar-refractivity contribution in [3.8, 4) is 11.5 Å². The predicted octanol–water partition coefficient (Wildman–Crippen LogP) is 4.11. The number of rotatable bonds is 6. The Morgan fingerprint density at radius 3 is 2.34 bits per heavy atom. The fourth-order valence-corrected chi connectivity index (χ4v) is 3.53. The molecule has 3 aromatic rings. The van der Waals surface area contributed by atoms with Crippen molar-refractivity contribution >= 4 is 40.9 Å². The van der Waals surface area contributed by atoms with Gasteiger partial charge in [0.05, 0.1) is 12.8 Å². The third-order valence-corrected chi connectivity index (χ3v) is 5.17. The zero-order chi connectivity index (χ0) is 22.5. The van der Waals surface area contributed by atoms with Gasteiger partial charge in [-0.15, -0.1) is 0 Å². The molecule has 0 atom stereocenters. The number of carbonyl (C=O) groups is 2. The van der Waals surface area contributed by atoms with E-state index < -0.39 is 11.8 Å². The van der Waals surface area contributed by atoms with E-state index in [-0.39, 0.29) is 10.7 Å². The zero-order valence-corrected chi connectivity index (χ0v) is 18.1. The Bertz CT molecular complexity index is 1190.